The van der Waals surface area contributed by atoms with Crippen molar-refractivity contribution in [3.63, 3.8) is 0 Å². The monoisotopic (exact) mass is 315 g/mol. The third kappa shape index (κ3) is 2.85. The number of rotatable bonds is 6. The Hall–Kier alpha value is -1.04. The van der Waals surface area contributed by atoms with Gasteiger partial charge in [0.25, 0.3) is 0 Å². The zero-order valence-electron chi connectivity index (χ0n) is 10.7. The first-order valence-corrected chi connectivity index (χ1v) is 7.20. The molecule has 1 saturated carbocycles. The van der Waals surface area contributed by atoms with E-state index in [-0.39, 0.29) is 0 Å². The van der Waals surface area contributed by atoms with Gasteiger partial charge < -0.3 is 14.4 Å². The Morgan fingerprint density at radius 3 is 2.28 bits per heavy atom. The first kappa shape index (κ1) is 13.4. The lowest BCUT2D eigenvalue weighted by Gasteiger charge is -2.37. The minimum absolute atomic E-state index is 0.538. The Balaban J connectivity index is 2.26. The van der Waals surface area contributed by atoms with E-state index < -0.39 is 0 Å². The summed E-state index contributed by atoms with van der Waals surface area (Å²) in [5, 5.41) is 0.895. The van der Waals surface area contributed by atoms with E-state index in [9.17, 15) is 0 Å². The molecule has 0 atom stereocenters. The molecule has 0 spiro atoms. The Bertz CT molecular complexity index is 377. The lowest BCUT2D eigenvalue weighted by Crippen LogP contribution is -2.42. The molecule has 1 fully saturated rings. The number of hydrogen-bond acceptors (Lipinski definition) is 5. The maximum Gasteiger partial charge on any atom is 0.232 e. The lowest BCUT2D eigenvalue weighted by molar-refractivity contribution is 0.360. The molecule has 6 heteroatoms. The number of hydrogen-bond donors (Lipinski definition) is 0. The topological polar surface area (TPSA) is 47.5 Å². The summed E-state index contributed by atoms with van der Waals surface area (Å²) in [4.78, 5) is 11.1. The van der Waals surface area contributed by atoms with Crippen molar-refractivity contribution in [3.8, 4) is 11.8 Å². The van der Waals surface area contributed by atoms with Crippen LogP contribution in [0.1, 0.15) is 19.3 Å². The van der Waals surface area contributed by atoms with Gasteiger partial charge in [-0.05, 0) is 19.3 Å². The molecule has 0 aliphatic heterocycles. The van der Waals surface area contributed by atoms with Crippen LogP contribution in [0.2, 0.25) is 0 Å². The van der Waals surface area contributed by atoms with E-state index in [1.807, 2.05) is 0 Å². The number of halogens is 1. The molecule has 2 rings (SSSR count). The van der Waals surface area contributed by atoms with Gasteiger partial charge in [-0.15, -0.1) is 0 Å². The minimum Gasteiger partial charge on any atom is -0.481 e. The van der Waals surface area contributed by atoms with Gasteiger partial charge in [-0.25, -0.2) is 0 Å². The fourth-order valence-electron chi connectivity index (χ4n) is 1.97. The Labute approximate surface area is 116 Å². The summed E-state index contributed by atoms with van der Waals surface area (Å²) in [7, 11) is 3.20. The number of methoxy groups -OCH3 is 2. The Morgan fingerprint density at radius 1 is 1.28 bits per heavy atom. The average Bonchev–Trinajstić information content (AvgIpc) is 2.35. The fraction of sp³-hybridized carbons (Fsp3) is 0.667. The van der Waals surface area contributed by atoms with Crippen LogP contribution in [0.4, 0.5) is 5.95 Å². The van der Waals surface area contributed by atoms with Gasteiger partial charge in [0.05, 0.1) is 20.3 Å². The summed E-state index contributed by atoms with van der Waals surface area (Å²) in [5.74, 6) is 1.77. The molecule has 1 aliphatic carbocycles. The molecule has 18 heavy (non-hydrogen) atoms. The van der Waals surface area contributed by atoms with Crippen molar-refractivity contribution in [1.82, 2.24) is 9.97 Å². The molecule has 0 unspecified atom stereocenters. The second-order valence-electron chi connectivity index (χ2n) is 4.22. The largest absolute Gasteiger partial charge is 0.481 e. The van der Waals surface area contributed by atoms with Crippen LogP contribution >= 0.6 is 15.9 Å². The summed E-state index contributed by atoms with van der Waals surface area (Å²) in [5.41, 5.74) is 0. The van der Waals surface area contributed by atoms with Gasteiger partial charge in [0, 0.05) is 17.9 Å². The van der Waals surface area contributed by atoms with Crippen molar-refractivity contribution in [2.24, 2.45) is 0 Å². The number of ether oxygens (including phenoxy) is 2. The molecule has 1 heterocycles. The van der Waals surface area contributed by atoms with Crippen LogP contribution in [0.3, 0.4) is 0 Å². The van der Waals surface area contributed by atoms with Gasteiger partial charge in [0.2, 0.25) is 17.7 Å². The van der Waals surface area contributed by atoms with Crippen LogP contribution in [0, 0.1) is 0 Å². The van der Waals surface area contributed by atoms with Crippen LogP contribution in [0.15, 0.2) is 6.07 Å². The number of nitrogens with zero attached hydrogens (tertiary/aromatic N) is 3. The molecule has 1 aromatic rings. The highest BCUT2D eigenvalue weighted by Gasteiger charge is 2.27. The van der Waals surface area contributed by atoms with Crippen LogP contribution in [-0.4, -0.2) is 42.1 Å². The molecule has 0 N–H and O–H groups in total. The molecule has 100 valence electrons. The van der Waals surface area contributed by atoms with Crippen molar-refractivity contribution in [1.29, 1.82) is 0 Å². The quantitative estimate of drug-likeness (QED) is 0.753. The zero-order chi connectivity index (χ0) is 13.0. The van der Waals surface area contributed by atoms with Crippen LogP contribution < -0.4 is 14.4 Å². The van der Waals surface area contributed by atoms with E-state index in [1.165, 1.54) is 19.3 Å². The average molecular weight is 316 g/mol. The highest BCUT2D eigenvalue weighted by Crippen LogP contribution is 2.29. The molecule has 0 bridgehead atoms. The van der Waals surface area contributed by atoms with E-state index >= 15 is 0 Å². The highest BCUT2D eigenvalue weighted by atomic mass is 79.9. The molecule has 1 aliphatic rings. The predicted octanol–water partition coefficient (Wildman–Crippen LogP) is 2.25. The Morgan fingerprint density at radius 2 is 1.89 bits per heavy atom. The van der Waals surface area contributed by atoms with Crippen LogP contribution in [0.25, 0.3) is 0 Å². The van der Waals surface area contributed by atoms with Gasteiger partial charge in [-0.1, -0.05) is 15.9 Å². The second-order valence-corrected chi connectivity index (χ2v) is 5.01. The number of aromatic nitrogens is 2. The van der Waals surface area contributed by atoms with E-state index in [2.05, 4.69) is 30.8 Å². The summed E-state index contributed by atoms with van der Waals surface area (Å²) < 4.78 is 10.4. The normalized spacial score (nSPS) is 15.1. The van der Waals surface area contributed by atoms with Crippen molar-refractivity contribution >= 4 is 21.9 Å². The maximum absolute atomic E-state index is 5.19. The molecular weight excluding hydrogens is 298 g/mol. The molecule has 5 nitrogen and oxygen atoms in total. The van der Waals surface area contributed by atoms with Gasteiger partial charge in [-0.2, -0.15) is 9.97 Å². The maximum atomic E-state index is 5.19. The molecule has 0 aromatic carbocycles. The van der Waals surface area contributed by atoms with Crippen molar-refractivity contribution in [3.05, 3.63) is 6.07 Å². The van der Waals surface area contributed by atoms with Crippen molar-refractivity contribution in [2.75, 3.05) is 31.0 Å². The summed E-state index contributed by atoms with van der Waals surface area (Å²) in [6.45, 7) is 0.890. The third-order valence-electron chi connectivity index (χ3n) is 3.18. The van der Waals surface area contributed by atoms with Crippen molar-refractivity contribution < 1.29 is 9.47 Å². The van der Waals surface area contributed by atoms with Gasteiger partial charge >= 0.3 is 0 Å². The summed E-state index contributed by atoms with van der Waals surface area (Å²) in [6.07, 6.45) is 3.69. The molecular formula is C12H18BrN3O2. The predicted molar refractivity (Wildman–Crippen MR) is 73.9 cm³/mol. The fourth-order valence-corrected chi connectivity index (χ4v) is 2.35. The van der Waals surface area contributed by atoms with Crippen LogP contribution in [-0.2, 0) is 0 Å². The highest BCUT2D eigenvalue weighted by molar-refractivity contribution is 9.09. The lowest BCUT2D eigenvalue weighted by atomic mass is 9.92. The zero-order valence-corrected chi connectivity index (χ0v) is 12.3. The first-order valence-electron chi connectivity index (χ1n) is 6.08. The molecule has 0 amide bonds. The molecule has 1 aromatic heterocycles. The minimum atomic E-state index is 0.538. The van der Waals surface area contributed by atoms with E-state index in [0.717, 1.165) is 11.9 Å². The standard InChI is InChI=1S/C12H18BrN3O2/c1-17-10-8-11(18-2)15-12(14-10)16(7-6-13)9-4-3-5-9/h8-9H,3-7H2,1-2H3. The van der Waals surface area contributed by atoms with Crippen LogP contribution in [0.5, 0.6) is 11.8 Å². The van der Waals surface area contributed by atoms with Gasteiger partial charge in [0.15, 0.2) is 0 Å². The number of alkyl halides is 1. The van der Waals surface area contributed by atoms with Crippen molar-refractivity contribution in [2.45, 2.75) is 25.3 Å². The third-order valence-corrected chi connectivity index (χ3v) is 3.54. The number of anilines is 1. The molecule has 0 radical (unpaired) electrons. The van der Waals surface area contributed by atoms with Gasteiger partial charge in [-0.3, -0.25) is 0 Å². The SMILES string of the molecule is COc1cc(OC)nc(N(CCBr)C2CCC2)n1. The summed E-state index contributed by atoms with van der Waals surface area (Å²) in [6, 6.07) is 2.23. The van der Waals surface area contributed by atoms with Gasteiger partial charge in [0.1, 0.15) is 0 Å². The van der Waals surface area contributed by atoms with E-state index in [1.54, 1.807) is 20.3 Å². The smallest absolute Gasteiger partial charge is 0.232 e. The van der Waals surface area contributed by atoms with E-state index in [4.69, 9.17) is 9.47 Å². The Kier molecular flexibility index (Phi) is 4.63. The van der Waals surface area contributed by atoms with E-state index in [0.29, 0.717) is 23.8 Å². The second kappa shape index (κ2) is 6.22. The summed E-state index contributed by atoms with van der Waals surface area (Å²) >= 11 is 3.48. The first-order chi connectivity index (χ1) is 8.78. The molecule has 0 saturated heterocycles.